The molecule has 1 atom stereocenters. The monoisotopic (exact) mass is 319 g/mol. The van der Waals surface area contributed by atoms with E-state index in [1.807, 2.05) is 24.3 Å². The van der Waals surface area contributed by atoms with E-state index in [-0.39, 0.29) is 0 Å². The van der Waals surface area contributed by atoms with Crippen LogP contribution in [0.2, 0.25) is 0 Å². The Kier molecular flexibility index (Phi) is 5.19. The third-order valence-electron chi connectivity index (χ3n) is 4.15. The van der Waals surface area contributed by atoms with Gasteiger partial charge in [-0.05, 0) is 24.1 Å². The van der Waals surface area contributed by atoms with Gasteiger partial charge in [0.15, 0.2) is 0 Å². The van der Waals surface area contributed by atoms with Crippen molar-refractivity contribution < 1.29 is 0 Å². The molecule has 24 heavy (non-hydrogen) atoms. The molecule has 1 aliphatic rings. The smallest absolute Gasteiger partial charge is 0.144 e. The van der Waals surface area contributed by atoms with Crippen molar-refractivity contribution >= 4 is 5.82 Å². The predicted octanol–water partition coefficient (Wildman–Crippen LogP) is 2.76. The highest BCUT2D eigenvalue weighted by atomic mass is 15.2. The minimum Gasteiger partial charge on any atom is -0.365 e. The van der Waals surface area contributed by atoms with Crippen LogP contribution in [0.15, 0.2) is 49.3 Å². The Bertz CT molecular complexity index is 732. The summed E-state index contributed by atoms with van der Waals surface area (Å²) in [6, 6.07) is 10.4. The number of nitriles is 1. The summed E-state index contributed by atoms with van der Waals surface area (Å²) in [6.45, 7) is 6.58. The first-order valence-electron chi connectivity index (χ1n) is 8.16. The molecule has 0 bridgehead atoms. The topological polar surface area (TPSA) is 64.8 Å². The first-order valence-corrected chi connectivity index (χ1v) is 8.16. The maximum absolute atomic E-state index is 8.99. The predicted molar refractivity (Wildman–Crippen MR) is 94.4 cm³/mol. The lowest BCUT2D eigenvalue weighted by atomic mass is 10.1. The van der Waals surface area contributed by atoms with Gasteiger partial charge in [-0.15, -0.1) is 6.58 Å². The summed E-state index contributed by atoms with van der Waals surface area (Å²) in [5.74, 6) is 0.821. The van der Waals surface area contributed by atoms with Gasteiger partial charge < -0.3 is 5.32 Å². The lowest BCUT2D eigenvalue weighted by Gasteiger charge is -2.17. The van der Waals surface area contributed by atoms with Gasteiger partial charge in [-0.25, -0.2) is 4.98 Å². The first-order chi connectivity index (χ1) is 11.8. The van der Waals surface area contributed by atoms with E-state index in [1.165, 1.54) is 5.56 Å². The number of aromatic nitrogens is 2. The molecule has 2 aromatic rings. The van der Waals surface area contributed by atoms with E-state index in [0.29, 0.717) is 6.04 Å². The number of anilines is 1. The highest BCUT2D eigenvalue weighted by Gasteiger charge is 2.22. The zero-order valence-electron chi connectivity index (χ0n) is 13.7. The van der Waals surface area contributed by atoms with E-state index in [4.69, 9.17) is 5.26 Å². The van der Waals surface area contributed by atoms with Gasteiger partial charge >= 0.3 is 0 Å². The summed E-state index contributed by atoms with van der Waals surface area (Å²) in [5.41, 5.74) is 2.83. The summed E-state index contributed by atoms with van der Waals surface area (Å²) in [7, 11) is 0. The number of nitrogens with one attached hydrogen (secondary N) is 1. The fourth-order valence-electron chi connectivity index (χ4n) is 2.98. The molecular formula is C19H21N5. The number of hydrogen-bond donors (Lipinski definition) is 1. The van der Waals surface area contributed by atoms with Crippen LogP contribution < -0.4 is 5.32 Å². The summed E-state index contributed by atoms with van der Waals surface area (Å²) >= 11 is 0. The molecule has 122 valence electrons. The Morgan fingerprint density at radius 2 is 2.29 bits per heavy atom. The van der Waals surface area contributed by atoms with Gasteiger partial charge in [0.25, 0.3) is 0 Å². The molecule has 0 amide bonds. The second-order valence-corrected chi connectivity index (χ2v) is 6.06. The van der Waals surface area contributed by atoms with Gasteiger partial charge in [0.05, 0.1) is 29.7 Å². The first kappa shape index (κ1) is 16.2. The minimum absolute atomic E-state index is 0.378. The van der Waals surface area contributed by atoms with Gasteiger partial charge in [0.1, 0.15) is 5.82 Å². The average Bonchev–Trinajstić information content (AvgIpc) is 3.04. The van der Waals surface area contributed by atoms with Crippen molar-refractivity contribution in [3.8, 4) is 6.07 Å². The van der Waals surface area contributed by atoms with Gasteiger partial charge in [-0.1, -0.05) is 18.2 Å². The third-order valence-corrected chi connectivity index (χ3v) is 4.15. The van der Waals surface area contributed by atoms with Crippen LogP contribution >= 0.6 is 0 Å². The van der Waals surface area contributed by atoms with E-state index in [1.54, 1.807) is 12.4 Å². The maximum atomic E-state index is 8.99. The largest absolute Gasteiger partial charge is 0.365 e. The van der Waals surface area contributed by atoms with Gasteiger partial charge in [-0.2, -0.15) is 5.26 Å². The molecule has 0 unspecified atom stereocenters. The van der Waals surface area contributed by atoms with Crippen LogP contribution in [0.3, 0.4) is 0 Å². The fraction of sp³-hybridized carbons (Fsp3) is 0.316. The normalized spacial score (nSPS) is 17.4. The number of likely N-dealkylation sites (tertiary alicyclic amines) is 1. The number of hydrogen-bond acceptors (Lipinski definition) is 5. The van der Waals surface area contributed by atoms with Crippen LogP contribution in [0.1, 0.15) is 23.2 Å². The van der Waals surface area contributed by atoms with E-state index in [2.05, 4.69) is 38.9 Å². The molecule has 3 rings (SSSR count). The summed E-state index contributed by atoms with van der Waals surface area (Å²) in [5, 5.41) is 12.4. The summed E-state index contributed by atoms with van der Waals surface area (Å²) < 4.78 is 0. The van der Waals surface area contributed by atoms with Crippen molar-refractivity contribution in [2.75, 3.05) is 18.4 Å². The van der Waals surface area contributed by atoms with Crippen molar-refractivity contribution in [2.45, 2.75) is 25.4 Å². The highest BCUT2D eigenvalue weighted by Crippen LogP contribution is 2.17. The average molecular weight is 319 g/mol. The molecule has 5 nitrogen and oxygen atoms in total. The van der Waals surface area contributed by atoms with Crippen LogP contribution in [-0.4, -0.2) is 34.0 Å². The Balaban J connectivity index is 1.53. The number of benzene rings is 1. The Morgan fingerprint density at radius 3 is 3.04 bits per heavy atom. The minimum atomic E-state index is 0.378. The second kappa shape index (κ2) is 7.71. The highest BCUT2D eigenvalue weighted by molar-refractivity contribution is 5.34. The summed E-state index contributed by atoms with van der Waals surface area (Å²) in [6.07, 6.45) is 7.23. The number of allylic oxidation sites excluding steroid dienone is 1. The zero-order valence-corrected chi connectivity index (χ0v) is 13.7. The molecule has 1 aromatic heterocycles. The third kappa shape index (κ3) is 4.18. The van der Waals surface area contributed by atoms with Crippen LogP contribution in [0.5, 0.6) is 0 Å². The zero-order chi connectivity index (χ0) is 16.8. The Morgan fingerprint density at radius 1 is 1.38 bits per heavy atom. The van der Waals surface area contributed by atoms with Crippen molar-refractivity contribution in [3.05, 3.63) is 66.1 Å². The molecule has 1 aliphatic heterocycles. The molecule has 1 N–H and O–H groups in total. The quantitative estimate of drug-likeness (QED) is 0.829. The lowest BCUT2D eigenvalue weighted by molar-refractivity contribution is 0.328. The Hall–Kier alpha value is -2.71. The molecule has 0 saturated carbocycles. The molecule has 1 saturated heterocycles. The van der Waals surface area contributed by atoms with Crippen molar-refractivity contribution in [2.24, 2.45) is 0 Å². The van der Waals surface area contributed by atoms with Gasteiger partial charge in [0, 0.05) is 32.1 Å². The molecule has 0 radical (unpaired) electrons. The van der Waals surface area contributed by atoms with E-state index >= 15 is 0 Å². The van der Waals surface area contributed by atoms with Crippen LogP contribution in [-0.2, 0) is 13.0 Å². The molecule has 1 aromatic carbocycles. The van der Waals surface area contributed by atoms with Gasteiger partial charge in [0.2, 0.25) is 0 Å². The van der Waals surface area contributed by atoms with Crippen molar-refractivity contribution in [3.63, 3.8) is 0 Å². The Labute approximate surface area is 142 Å². The van der Waals surface area contributed by atoms with E-state index in [0.717, 1.165) is 49.6 Å². The van der Waals surface area contributed by atoms with E-state index in [9.17, 15) is 0 Å². The summed E-state index contributed by atoms with van der Waals surface area (Å²) in [4.78, 5) is 11.2. The standard InChI is InChI=1S/C19H21N5/c1-2-4-17-11-22-19(12-21-17)23-18-7-8-24(14-18)13-16-6-3-5-15(9-16)10-20/h2-3,5-6,9,11-12,18H,1,4,7-8,13-14H2,(H,22,23)/t18-/m1/s1. The number of rotatable bonds is 6. The molecule has 0 aliphatic carbocycles. The molecule has 2 heterocycles. The second-order valence-electron chi connectivity index (χ2n) is 6.06. The number of nitrogens with zero attached hydrogens (tertiary/aromatic N) is 4. The SMILES string of the molecule is C=CCc1cnc(N[C@@H]2CCN(Cc3cccc(C#N)c3)C2)cn1. The lowest BCUT2D eigenvalue weighted by Crippen LogP contribution is -2.26. The molecule has 1 fully saturated rings. The van der Waals surface area contributed by atoms with Crippen molar-refractivity contribution in [1.82, 2.24) is 14.9 Å². The van der Waals surface area contributed by atoms with Crippen LogP contribution in [0.25, 0.3) is 0 Å². The van der Waals surface area contributed by atoms with E-state index < -0.39 is 0 Å². The molecular weight excluding hydrogens is 298 g/mol. The maximum Gasteiger partial charge on any atom is 0.144 e. The van der Waals surface area contributed by atoms with Crippen LogP contribution in [0, 0.1) is 11.3 Å². The fourth-order valence-corrected chi connectivity index (χ4v) is 2.98. The molecule has 0 spiro atoms. The van der Waals surface area contributed by atoms with Crippen molar-refractivity contribution in [1.29, 1.82) is 5.26 Å². The molecule has 5 heteroatoms. The van der Waals surface area contributed by atoms with Gasteiger partial charge in [-0.3, -0.25) is 9.88 Å². The van der Waals surface area contributed by atoms with Crippen LogP contribution in [0.4, 0.5) is 5.82 Å².